The summed E-state index contributed by atoms with van der Waals surface area (Å²) < 4.78 is 0. The largest absolute Gasteiger partial charge is 0.347 e. The van der Waals surface area contributed by atoms with Gasteiger partial charge in [-0.1, -0.05) is 30.3 Å². The second-order valence-electron chi connectivity index (χ2n) is 8.08. The van der Waals surface area contributed by atoms with E-state index in [0.29, 0.717) is 19.6 Å². The van der Waals surface area contributed by atoms with Gasteiger partial charge in [0.15, 0.2) is 6.54 Å². The predicted molar refractivity (Wildman–Crippen MR) is 103 cm³/mol. The first-order valence-corrected chi connectivity index (χ1v) is 9.24. The van der Waals surface area contributed by atoms with Crippen molar-refractivity contribution in [2.45, 2.75) is 26.3 Å². The normalized spacial score (nSPS) is 15.9. The van der Waals surface area contributed by atoms with Gasteiger partial charge in [-0.2, -0.15) is 0 Å². The lowest BCUT2D eigenvalue weighted by atomic mass is 10.1. The molecule has 1 fully saturated rings. The van der Waals surface area contributed by atoms with Crippen LogP contribution >= 0.6 is 0 Å². The third-order valence-corrected chi connectivity index (χ3v) is 4.68. The van der Waals surface area contributed by atoms with E-state index in [9.17, 15) is 9.59 Å². The molecule has 1 aliphatic rings. The van der Waals surface area contributed by atoms with Crippen LogP contribution in [-0.2, 0) is 4.79 Å². The van der Waals surface area contributed by atoms with E-state index in [-0.39, 0.29) is 17.4 Å². The maximum Gasteiger partial charge on any atom is 0.275 e. The van der Waals surface area contributed by atoms with Crippen molar-refractivity contribution in [3.8, 4) is 0 Å². The van der Waals surface area contributed by atoms with Crippen LogP contribution in [0.2, 0.25) is 0 Å². The first-order chi connectivity index (χ1) is 12.3. The monoisotopic (exact) mass is 354 g/mol. The van der Waals surface area contributed by atoms with Crippen LogP contribution < -0.4 is 10.2 Å². The van der Waals surface area contributed by atoms with Gasteiger partial charge in [0.2, 0.25) is 0 Å². The van der Waals surface area contributed by atoms with Gasteiger partial charge in [0, 0.05) is 11.1 Å². The van der Waals surface area contributed by atoms with Crippen LogP contribution in [-0.4, -0.2) is 55.0 Å². The van der Waals surface area contributed by atoms with Crippen molar-refractivity contribution in [3.05, 3.63) is 48.0 Å². The lowest BCUT2D eigenvalue weighted by Crippen LogP contribution is -3.16. The molecule has 2 N–H and O–H groups in total. The molecule has 0 bridgehead atoms. The van der Waals surface area contributed by atoms with Crippen LogP contribution in [0.15, 0.2) is 42.5 Å². The highest BCUT2D eigenvalue weighted by Crippen LogP contribution is 2.17. The molecule has 2 amide bonds. The molecular weight excluding hydrogens is 326 g/mol. The third kappa shape index (κ3) is 4.61. The van der Waals surface area contributed by atoms with E-state index in [2.05, 4.69) is 5.32 Å². The molecule has 0 unspecified atom stereocenters. The number of fused-ring (bicyclic) bond motifs is 1. The molecule has 3 rings (SSSR count). The van der Waals surface area contributed by atoms with Crippen molar-refractivity contribution < 1.29 is 14.5 Å². The number of rotatable bonds is 3. The molecule has 1 saturated heterocycles. The zero-order valence-electron chi connectivity index (χ0n) is 15.8. The van der Waals surface area contributed by atoms with Crippen LogP contribution in [0.3, 0.4) is 0 Å². The molecule has 138 valence electrons. The fraction of sp³-hybridized carbons (Fsp3) is 0.429. The SMILES string of the molecule is CC(C)(C)NC(=O)C[NH+]1CCN(C(=O)c2ccc3ccccc3c2)CC1. The summed E-state index contributed by atoms with van der Waals surface area (Å²) in [5.74, 6) is 0.149. The molecule has 0 spiro atoms. The molecule has 2 aromatic rings. The zero-order chi connectivity index (χ0) is 18.7. The first kappa shape index (κ1) is 18.4. The summed E-state index contributed by atoms with van der Waals surface area (Å²) in [6, 6.07) is 13.9. The number of quaternary nitrogens is 1. The Morgan fingerprint density at radius 3 is 2.35 bits per heavy atom. The number of carbonyl (C=O) groups is 2. The van der Waals surface area contributed by atoms with E-state index < -0.39 is 0 Å². The van der Waals surface area contributed by atoms with Gasteiger partial charge < -0.3 is 15.1 Å². The fourth-order valence-electron chi connectivity index (χ4n) is 3.40. The van der Waals surface area contributed by atoms with Crippen LogP contribution in [0.5, 0.6) is 0 Å². The van der Waals surface area contributed by atoms with Crippen LogP contribution in [0.4, 0.5) is 0 Å². The third-order valence-electron chi connectivity index (χ3n) is 4.68. The predicted octanol–water partition coefficient (Wildman–Crippen LogP) is 1.10. The van der Waals surface area contributed by atoms with Crippen LogP contribution in [0, 0.1) is 0 Å². The molecule has 1 heterocycles. The van der Waals surface area contributed by atoms with Gasteiger partial charge in [-0.25, -0.2) is 0 Å². The number of amides is 2. The Labute approximate surface area is 155 Å². The average Bonchev–Trinajstić information content (AvgIpc) is 2.59. The van der Waals surface area contributed by atoms with E-state index >= 15 is 0 Å². The second-order valence-corrected chi connectivity index (χ2v) is 8.08. The highest BCUT2D eigenvalue weighted by atomic mass is 16.2. The van der Waals surface area contributed by atoms with Gasteiger partial charge in [-0.15, -0.1) is 0 Å². The number of hydrogen-bond donors (Lipinski definition) is 2. The van der Waals surface area contributed by atoms with Crippen LogP contribution in [0.25, 0.3) is 10.8 Å². The lowest BCUT2D eigenvalue weighted by Gasteiger charge is -2.32. The molecule has 26 heavy (non-hydrogen) atoms. The van der Waals surface area contributed by atoms with Gasteiger partial charge >= 0.3 is 0 Å². The number of piperazine rings is 1. The first-order valence-electron chi connectivity index (χ1n) is 9.24. The smallest absolute Gasteiger partial charge is 0.275 e. The summed E-state index contributed by atoms with van der Waals surface area (Å²) >= 11 is 0. The molecule has 0 aliphatic carbocycles. The van der Waals surface area contributed by atoms with Crippen LogP contribution in [0.1, 0.15) is 31.1 Å². The van der Waals surface area contributed by atoms with Gasteiger partial charge in [0.05, 0.1) is 26.2 Å². The molecule has 0 atom stereocenters. The van der Waals surface area contributed by atoms with Crippen molar-refractivity contribution in [2.75, 3.05) is 32.7 Å². The number of nitrogens with one attached hydrogen (secondary N) is 2. The number of hydrogen-bond acceptors (Lipinski definition) is 2. The van der Waals surface area contributed by atoms with Crippen molar-refractivity contribution in [2.24, 2.45) is 0 Å². The Morgan fingerprint density at radius 1 is 1.04 bits per heavy atom. The van der Waals surface area contributed by atoms with Crippen molar-refractivity contribution >= 4 is 22.6 Å². The second kappa shape index (κ2) is 7.46. The molecule has 5 heteroatoms. The average molecular weight is 354 g/mol. The quantitative estimate of drug-likeness (QED) is 0.867. The highest BCUT2D eigenvalue weighted by Gasteiger charge is 2.27. The highest BCUT2D eigenvalue weighted by molar-refractivity contribution is 5.98. The maximum absolute atomic E-state index is 12.8. The minimum Gasteiger partial charge on any atom is -0.347 e. The number of benzene rings is 2. The van der Waals surface area contributed by atoms with E-state index in [1.54, 1.807) is 0 Å². The summed E-state index contributed by atoms with van der Waals surface area (Å²) in [4.78, 5) is 28.0. The summed E-state index contributed by atoms with van der Waals surface area (Å²) in [5, 5.41) is 5.23. The summed E-state index contributed by atoms with van der Waals surface area (Å²) in [6.07, 6.45) is 0. The minimum absolute atomic E-state index is 0.0711. The van der Waals surface area contributed by atoms with E-state index in [1.165, 1.54) is 4.90 Å². The van der Waals surface area contributed by atoms with Gasteiger partial charge in [0.1, 0.15) is 0 Å². The summed E-state index contributed by atoms with van der Waals surface area (Å²) in [6.45, 7) is 9.40. The Hall–Kier alpha value is -2.40. The Kier molecular flexibility index (Phi) is 5.28. The maximum atomic E-state index is 12.8. The van der Waals surface area contributed by atoms with E-state index in [1.807, 2.05) is 68.1 Å². The topological polar surface area (TPSA) is 53.9 Å². The van der Waals surface area contributed by atoms with Crippen molar-refractivity contribution in [1.82, 2.24) is 10.2 Å². The minimum atomic E-state index is -0.204. The molecule has 0 aromatic heterocycles. The van der Waals surface area contributed by atoms with Crippen molar-refractivity contribution in [1.29, 1.82) is 0 Å². The summed E-state index contributed by atoms with van der Waals surface area (Å²) in [7, 11) is 0. The molecule has 5 nitrogen and oxygen atoms in total. The molecule has 0 saturated carbocycles. The van der Waals surface area contributed by atoms with E-state index in [0.717, 1.165) is 29.4 Å². The molecule has 0 radical (unpaired) electrons. The van der Waals surface area contributed by atoms with E-state index in [4.69, 9.17) is 0 Å². The molecule has 1 aliphatic heterocycles. The molecular formula is C21H28N3O2+. The fourth-order valence-corrected chi connectivity index (χ4v) is 3.40. The van der Waals surface area contributed by atoms with Gasteiger partial charge in [-0.3, -0.25) is 9.59 Å². The lowest BCUT2D eigenvalue weighted by molar-refractivity contribution is -0.896. The number of nitrogens with zero attached hydrogens (tertiary/aromatic N) is 1. The van der Waals surface area contributed by atoms with Gasteiger partial charge in [0.25, 0.3) is 11.8 Å². The summed E-state index contributed by atoms with van der Waals surface area (Å²) in [5.41, 5.74) is 0.530. The van der Waals surface area contributed by atoms with Crippen molar-refractivity contribution in [3.63, 3.8) is 0 Å². The standard InChI is InChI=1S/C21H27N3O2/c1-21(2,3)22-19(25)15-23-10-12-24(13-11-23)20(26)18-9-8-16-6-4-5-7-17(16)14-18/h4-9,14H,10-13,15H2,1-3H3,(H,22,25)/p+1. The Morgan fingerprint density at radius 2 is 1.69 bits per heavy atom. The number of carbonyl (C=O) groups excluding carboxylic acids is 2. The zero-order valence-corrected chi connectivity index (χ0v) is 15.8. The Bertz CT molecular complexity index is 802. The van der Waals surface area contributed by atoms with Gasteiger partial charge in [-0.05, 0) is 43.7 Å². The Balaban J connectivity index is 1.57. The molecule has 2 aromatic carbocycles.